The van der Waals surface area contributed by atoms with E-state index in [1.54, 1.807) is 6.20 Å². The van der Waals surface area contributed by atoms with Gasteiger partial charge in [0.05, 0.1) is 0 Å². The maximum Gasteiger partial charge on any atom is 0.269 e. The third-order valence-electron chi connectivity index (χ3n) is 1.62. The van der Waals surface area contributed by atoms with Gasteiger partial charge in [0.15, 0.2) is 11.5 Å². The lowest BCUT2D eigenvalue weighted by Crippen LogP contribution is -2.14. The molecule has 66 valence electrons. The maximum atomic E-state index is 10.9. The zero-order chi connectivity index (χ0) is 9.26. The van der Waals surface area contributed by atoms with Crippen LogP contribution in [0.1, 0.15) is 0 Å². The van der Waals surface area contributed by atoms with Gasteiger partial charge in [0.1, 0.15) is 0 Å². The molecule has 0 aromatic heterocycles. The summed E-state index contributed by atoms with van der Waals surface area (Å²) in [5.41, 5.74) is 6.08. The molecule has 2 aliphatic heterocycles. The molecule has 0 aliphatic carbocycles. The SMILES string of the molecule is NC(=O)C1=C2CSC=CN=C2N=N1. The zero-order valence-electron chi connectivity index (χ0n) is 6.60. The van der Waals surface area contributed by atoms with Crippen LogP contribution in [0.5, 0.6) is 0 Å². The zero-order valence-corrected chi connectivity index (χ0v) is 7.41. The second-order valence-corrected chi connectivity index (χ2v) is 3.33. The van der Waals surface area contributed by atoms with Crippen molar-refractivity contribution >= 4 is 23.5 Å². The van der Waals surface area contributed by atoms with Crippen LogP contribution >= 0.6 is 11.8 Å². The molecular formula is C7H6N4OS. The summed E-state index contributed by atoms with van der Waals surface area (Å²) in [4.78, 5) is 14.9. The molecule has 0 aromatic carbocycles. The number of amides is 1. The highest BCUT2D eigenvalue weighted by Gasteiger charge is 2.23. The van der Waals surface area contributed by atoms with Gasteiger partial charge >= 0.3 is 0 Å². The number of nitrogens with two attached hydrogens (primary N) is 1. The van der Waals surface area contributed by atoms with Gasteiger partial charge in [-0.05, 0) is 5.41 Å². The Balaban J connectivity index is 2.45. The fourth-order valence-corrected chi connectivity index (χ4v) is 1.71. The number of rotatable bonds is 1. The first-order valence-corrected chi connectivity index (χ1v) is 4.63. The summed E-state index contributed by atoms with van der Waals surface area (Å²) in [7, 11) is 0. The minimum Gasteiger partial charge on any atom is -0.364 e. The van der Waals surface area contributed by atoms with Gasteiger partial charge < -0.3 is 5.73 Å². The first-order valence-electron chi connectivity index (χ1n) is 3.58. The van der Waals surface area contributed by atoms with Crippen molar-refractivity contribution in [1.82, 2.24) is 0 Å². The Hall–Kier alpha value is -1.43. The lowest BCUT2D eigenvalue weighted by atomic mass is 10.2. The van der Waals surface area contributed by atoms with Gasteiger partial charge in [-0.25, -0.2) is 4.99 Å². The van der Waals surface area contributed by atoms with Crippen LogP contribution in [0.4, 0.5) is 0 Å². The van der Waals surface area contributed by atoms with Crippen LogP contribution < -0.4 is 5.73 Å². The number of primary amides is 1. The molecule has 2 aliphatic rings. The molecule has 13 heavy (non-hydrogen) atoms. The largest absolute Gasteiger partial charge is 0.364 e. The van der Waals surface area contributed by atoms with Crippen LogP contribution in [-0.2, 0) is 4.79 Å². The van der Waals surface area contributed by atoms with E-state index < -0.39 is 5.91 Å². The van der Waals surface area contributed by atoms with Gasteiger partial charge in [-0.3, -0.25) is 4.79 Å². The standard InChI is InChI=1S/C7H6N4OS/c8-6(12)5-4-3-13-2-1-9-7(4)11-10-5/h1-2H,3H2,(H2,8,12). The highest BCUT2D eigenvalue weighted by Crippen LogP contribution is 2.24. The lowest BCUT2D eigenvalue weighted by molar-refractivity contribution is -0.114. The quantitative estimate of drug-likeness (QED) is 0.670. The number of hydrogen-bond acceptors (Lipinski definition) is 5. The highest BCUT2D eigenvalue weighted by atomic mass is 32.2. The Morgan fingerprint density at radius 2 is 2.38 bits per heavy atom. The van der Waals surface area contributed by atoms with E-state index in [1.165, 1.54) is 11.8 Å². The first kappa shape index (κ1) is 8.18. The van der Waals surface area contributed by atoms with Gasteiger partial charge in [-0.2, -0.15) is 0 Å². The molecule has 0 bridgehead atoms. The van der Waals surface area contributed by atoms with E-state index >= 15 is 0 Å². The van der Waals surface area contributed by atoms with Crippen LogP contribution in [0, 0.1) is 0 Å². The topological polar surface area (TPSA) is 80.2 Å². The summed E-state index contributed by atoms with van der Waals surface area (Å²) < 4.78 is 0. The Bertz CT molecular complexity index is 380. The van der Waals surface area contributed by atoms with Crippen molar-refractivity contribution in [2.75, 3.05) is 5.75 Å². The lowest BCUT2D eigenvalue weighted by Gasteiger charge is -1.96. The second-order valence-electron chi connectivity index (χ2n) is 2.44. The van der Waals surface area contributed by atoms with E-state index in [1.807, 2.05) is 5.41 Å². The summed E-state index contributed by atoms with van der Waals surface area (Å²) in [6.07, 6.45) is 1.63. The molecule has 1 amide bonds. The van der Waals surface area contributed by atoms with Crippen molar-refractivity contribution in [3.05, 3.63) is 22.9 Å². The number of hydrogen-bond donors (Lipinski definition) is 1. The van der Waals surface area contributed by atoms with Crippen LogP contribution in [-0.4, -0.2) is 17.5 Å². The Morgan fingerprint density at radius 3 is 3.15 bits per heavy atom. The summed E-state index contributed by atoms with van der Waals surface area (Å²) in [5, 5.41) is 9.27. The van der Waals surface area contributed by atoms with Gasteiger partial charge in [-0.15, -0.1) is 22.0 Å². The normalized spacial score (nSPS) is 19.8. The minimum atomic E-state index is -0.550. The van der Waals surface area contributed by atoms with Crippen LogP contribution in [0.15, 0.2) is 38.1 Å². The summed E-state index contributed by atoms with van der Waals surface area (Å²) >= 11 is 1.53. The van der Waals surface area contributed by atoms with Gasteiger partial charge in [0.2, 0.25) is 0 Å². The molecule has 0 radical (unpaired) electrons. The van der Waals surface area contributed by atoms with E-state index in [-0.39, 0.29) is 5.70 Å². The van der Waals surface area contributed by atoms with Gasteiger partial charge in [-0.1, -0.05) is 0 Å². The molecule has 5 nitrogen and oxygen atoms in total. The average Bonchev–Trinajstić information content (AvgIpc) is 2.36. The minimum absolute atomic E-state index is 0.231. The van der Waals surface area contributed by atoms with E-state index in [4.69, 9.17) is 5.73 Å². The molecule has 0 aromatic rings. The molecule has 0 spiro atoms. The van der Waals surface area contributed by atoms with Crippen molar-refractivity contribution in [3.63, 3.8) is 0 Å². The van der Waals surface area contributed by atoms with E-state index in [9.17, 15) is 4.79 Å². The number of fused-ring (bicyclic) bond motifs is 1. The third kappa shape index (κ3) is 1.40. The number of aliphatic imine (C=N–C) groups is 1. The molecule has 0 fully saturated rings. The fraction of sp³-hybridized carbons (Fsp3) is 0.143. The summed E-state index contributed by atoms with van der Waals surface area (Å²) in [5.74, 6) is 0.585. The molecule has 0 saturated heterocycles. The fourth-order valence-electron chi connectivity index (χ4n) is 1.03. The maximum absolute atomic E-state index is 10.9. The van der Waals surface area contributed by atoms with Crippen LogP contribution in [0.2, 0.25) is 0 Å². The van der Waals surface area contributed by atoms with Crippen LogP contribution in [0.3, 0.4) is 0 Å². The molecule has 6 heteroatoms. The molecule has 0 saturated carbocycles. The van der Waals surface area contributed by atoms with Gasteiger partial charge in [0.25, 0.3) is 5.91 Å². The monoisotopic (exact) mass is 194 g/mol. The number of carbonyl (C=O) groups excluding carboxylic acids is 1. The molecule has 0 unspecified atom stereocenters. The Labute approximate surface area is 78.5 Å². The highest BCUT2D eigenvalue weighted by molar-refractivity contribution is 8.02. The predicted molar refractivity (Wildman–Crippen MR) is 50.1 cm³/mol. The second kappa shape index (κ2) is 3.14. The molecule has 2 N–H and O–H groups in total. The average molecular weight is 194 g/mol. The summed E-state index contributed by atoms with van der Waals surface area (Å²) in [6, 6.07) is 0. The smallest absolute Gasteiger partial charge is 0.269 e. The van der Waals surface area contributed by atoms with E-state index in [0.717, 1.165) is 5.57 Å². The Morgan fingerprint density at radius 1 is 1.54 bits per heavy atom. The number of carbonyl (C=O) groups is 1. The number of amidine groups is 1. The van der Waals surface area contributed by atoms with Crippen molar-refractivity contribution in [2.45, 2.75) is 0 Å². The van der Waals surface area contributed by atoms with E-state index in [0.29, 0.717) is 11.6 Å². The van der Waals surface area contributed by atoms with Gasteiger partial charge in [0, 0.05) is 17.5 Å². The molecule has 2 heterocycles. The Kier molecular flexibility index (Phi) is 1.97. The van der Waals surface area contributed by atoms with Crippen molar-refractivity contribution in [2.24, 2.45) is 21.0 Å². The van der Waals surface area contributed by atoms with Crippen LogP contribution in [0.25, 0.3) is 0 Å². The summed E-state index contributed by atoms with van der Waals surface area (Å²) in [6.45, 7) is 0. The molecular weight excluding hydrogens is 188 g/mol. The van der Waals surface area contributed by atoms with Crippen molar-refractivity contribution in [1.29, 1.82) is 0 Å². The molecule has 2 rings (SSSR count). The first-order chi connectivity index (χ1) is 6.29. The van der Waals surface area contributed by atoms with E-state index in [2.05, 4.69) is 15.2 Å². The van der Waals surface area contributed by atoms with Crippen molar-refractivity contribution in [3.8, 4) is 0 Å². The number of thioether (sulfide) groups is 1. The predicted octanol–water partition coefficient (Wildman–Crippen LogP) is 0.808. The number of azo groups is 1. The third-order valence-corrected chi connectivity index (χ3v) is 2.38. The number of nitrogens with zero attached hydrogens (tertiary/aromatic N) is 3. The molecule has 0 atom stereocenters. The van der Waals surface area contributed by atoms with Crippen molar-refractivity contribution < 1.29 is 4.79 Å².